The number of rotatable bonds is 6. The third kappa shape index (κ3) is 4.77. The van der Waals surface area contributed by atoms with E-state index in [9.17, 15) is 26.4 Å². The molecule has 1 aliphatic carbocycles. The van der Waals surface area contributed by atoms with E-state index in [1.165, 1.54) is 12.1 Å². The van der Waals surface area contributed by atoms with Gasteiger partial charge in [-0.3, -0.25) is 4.79 Å². The summed E-state index contributed by atoms with van der Waals surface area (Å²) < 4.78 is 62.6. The Labute approximate surface area is 182 Å². The molecule has 31 heavy (non-hydrogen) atoms. The third-order valence-corrected chi connectivity index (χ3v) is 7.85. The minimum Gasteiger partial charge on any atom is -0.272 e. The average molecular weight is 471 g/mol. The van der Waals surface area contributed by atoms with Gasteiger partial charge in [0.15, 0.2) is 9.84 Å². The van der Waals surface area contributed by atoms with E-state index >= 15 is 0 Å². The zero-order chi connectivity index (χ0) is 22.4. The highest BCUT2D eigenvalue weighted by atomic mass is 35.5. The molecule has 0 unspecified atom stereocenters. The highest BCUT2D eigenvalue weighted by Crippen LogP contribution is 2.33. The smallest absolute Gasteiger partial charge is 0.272 e. The van der Waals surface area contributed by atoms with Gasteiger partial charge in [-0.15, -0.1) is 0 Å². The normalized spacial score (nSPS) is 17.2. The Kier molecular flexibility index (Phi) is 5.59. The van der Waals surface area contributed by atoms with Gasteiger partial charge in [0, 0.05) is 10.6 Å². The summed E-state index contributed by atoms with van der Waals surface area (Å²) in [5, 5.41) is 5.45. The Balaban J connectivity index is 1.55. The maximum Gasteiger partial charge on any atom is 0.416 e. The second-order valence-electron chi connectivity index (χ2n) is 7.60. The molecule has 0 bridgehead atoms. The molecule has 0 aromatic heterocycles. The van der Waals surface area contributed by atoms with Crippen LogP contribution in [0.1, 0.15) is 36.0 Å². The van der Waals surface area contributed by atoms with Crippen molar-refractivity contribution < 1.29 is 26.4 Å². The molecule has 0 atom stereocenters. The summed E-state index contributed by atoms with van der Waals surface area (Å²) in [4.78, 5) is 12.4. The molecule has 2 aromatic carbocycles. The van der Waals surface area contributed by atoms with Crippen molar-refractivity contribution >= 4 is 38.7 Å². The summed E-state index contributed by atoms with van der Waals surface area (Å²) in [5.41, 5.74) is 1.04. The van der Waals surface area contributed by atoms with Crippen LogP contribution in [0.25, 0.3) is 0 Å². The minimum atomic E-state index is -4.47. The van der Waals surface area contributed by atoms with Crippen LogP contribution in [-0.4, -0.2) is 31.0 Å². The number of benzene rings is 2. The van der Waals surface area contributed by atoms with Crippen LogP contribution in [0.5, 0.6) is 0 Å². The number of nitrogens with zero attached hydrogens (tertiary/aromatic N) is 2. The van der Waals surface area contributed by atoms with Gasteiger partial charge in [0.2, 0.25) is 0 Å². The fraction of sp³-hybridized carbons (Fsp3) is 0.333. The number of hydrogen-bond donors (Lipinski definition) is 0. The first-order valence-corrected chi connectivity index (χ1v) is 11.7. The first kappa shape index (κ1) is 21.8. The highest BCUT2D eigenvalue weighted by Gasteiger charge is 2.35. The largest absolute Gasteiger partial charge is 0.416 e. The van der Waals surface area contributed by atoms with Crippen LogP contribution in [0, 0.1) is 0 Å². The van der Waals surface area contributed by atoms with Crippen molar-refractivity contribution in [2.45, 2.75) is 37.1 Å². The first-order chi connectivity index (χ1) is 14.5. The van der Waals surface area contributed by atoms with Crippen LogP contribution < -0.4 is 5.01 Å². The molecule has 1 heterocycles. The second-order valence-corrected chi connectivity index (χ2v) is 10.4. The number of carbonyl (C=O) groups is 1. The molecule has 1 amide bonds. The van der Waals surface area contributed by atoms with Crippen molar-refractivity contribution in [1.29, 1.82) is 0 Å². The number of aryl methyl sites for hydroxylation is 1. The number of sulfone groups is 1. The van der Waals surface area contributed by atoms with E-state index in [2.05, 4.69) is 5.10 Å². The Morgan fingerprint density at radius 2 is 1.77 bits per heavy atom. The van der Waals surface area contributed by atoms with E-state index in [-0.39, 0.29) is 23.1 Å². The molecule has 4 rings (SSSR count). The van der Waals surface area contributed by atoms with Crippen molar-refractivity contribution in [3.8, 4) is 0 Å². The topological polar surface area (TPSA) is 66.8 Å². The molecule has 0 N–H and O–H groups in total. The minimum absolute atomic E-state index is 0.0435. The van der Waals surface area contributed by atoms with Gasteiger partial charge in [-0.2, -0.15) is 18.3 Å². The molecule has 0 saturated heterocycles. The van der Waals surface area contributed by atoms with Crippen molar-refractivity contribution in [3.63, 3.8) is 0 Å². The summed E-state index contributed by atoms with van der Waals surface area (Å²) in [6.07, 6.45) is -2.78. The number of hydrazone groups is 1. The summed E-state index contributed by atoms with van der Waals surface area (Å²) in [7, 11) is -3.10. The standard InChI is InChI=1S/C21H18ClF3N2O3S/c22-18-8-1-13(9-10-31(29,30)16-6-7-16)11-17(18)19-12-20(28)27(26-19)15-4-2-14(3-5-15)21(23,24)25/h1-5,8,11,16H,6-7,9-10,12H2. The van der Waals surface area contributed by atoms with Gasteiger partial charge in [0.05, 0.1) is 34.4 Å². The average Bonchev–Trinajstić information content (AvgIpc) is 3.50. The lowest BCUT2D eigenvalue weighted by Gasteiger charge is -2.13. The fourth-order valence-electron chi connectivity index (χ4n) is 3.38. The number of alkyl halides is 3. The lowest BCUT2D eigenvalue weighted by molar-refractivity contribution is -0.137. The Hall–Kier alpha value is -2.39. The highest BCUT2D eigenvalue weighted by molar-refractivity contribution is 7.92. The zero-order valence-corrected chi connectivity index (χ0v) is 17.8. The van der Waals surface area contributed by atoms with Crippen LogP contribution in [0.15, 0.2) is 47.6 Å². The SMILES string of the molecule is O=C1CC(c2cc(CCS(=O)(=O)C3CC3)ccc2Cl)=NN1c1ccc(C(F)(F)F)cc1. The zero-order valence-electron chi connectivity index (χ0n) is 16.2. The molecule has 164 valence electrons. The number of anilines is 1. The maximum absolute atomic E-state index is 12.8. The molecular formula is C21H18ClF3N2O3S. The van der Waals surface area contributed by atoms with Gasteiger partial charge in [-0.05, 0) is 61.2 Å². The Morgan fingerprint density at radius 1 is 1.10 bits per heavy atom. The van der Waals surface area contributed by atoms with Crippen LogP contribution in [-0.2, 0) is 27.2 Å². The molecule has 1 saturated carbocycles. The van der Waals surface area contributed by atoms with E-state index in [4.69, 9.17) is 11.6 Å². The van der Waals surface area contributed by atoms with Crippen LogP contribution >= 0.6 is 11.6 Å². The van der Waals surface area contributed by atoms with Gasteiger partial charge in [0.25, 0.3) is 5.91 Å². The summed E-state index contributed by atoms with van der Waals surface area (Å²) in [5.74, 6) is -0.352. The van der Waals surface area contributed by atoms with Crippen molar-refractivity contribution in [3.05, 3.63) is 64.2 Å². The quantitative estimate of drug-likeness (QED) is 0.618. The molecule has 10 heteroatoms. The lowest BCUT2D eigenvalue weighted by atomic mass is 10.0. The summed E-state index contributed by atoms with van der Waals surface area (Å²) in [6, 6.07) is 9.24. The van der Waals surface area contributed by atoms with Gasteiger partial charge in [0.1, 0.15) is 0 Å². The first-order valence-electron chi connectivity index (χ1n) is 9.63. The second kappa shape index (κ2) is 7.94. The van der Waals surface area contributed by atoms with E-state index in [0.717, 1.165) is 22.7 Å². The molecular weight excluding hydrogens is 453 g/mol. The predicted octanol–water partition coefficient (Wildman–Crippen LogP) is 4.62. The van der Waals surface area contributed by atoms with Crippen LogP contribution in [0.2, 0.25) is 5.02 Å². The molecule has 1 fully saturated rings. The van der Waals surface area contributed by atoms with Crippen molar-refractivity contribution in [2.24, 2.45) is 5.10 Å². The predicted molar refractivity (Wildman–Crippen MR) is 112 cm³/mol. The maximum atomic E-state index is 12.8. The van der Waals surface area contributed by atoms with Gasteiger partial charge in [-0.25, -0.2) is 13.4 Å². The molecule has 1 aliphatic heterocycles. The van der Waals surface area contributed by atoms with E-state index in [0.29, 0.717) is 35.6 Å². The van der Waals surface area contributed by atoms with E-state index < -0.39 is 27.5 Å². The van der Waals surface area contributed by atoms with Gasteiger partial charge in [-0.1, -0.05) is 17.7 Å². The third-order valence-electron chi connectivity index (χ3n) is 5.26. The van der Waals surface area contributed by atoms with E-state index in [1.54, 1.807) is 18.2 Å². The number of halogens is 4. The summed E-state index contributed by atoms with van der Waals surface area (Å²) >= 11 is 6.29. The van der Waals surface area contributed by atoms with Gasteiger partial charge >= 0.3 is 6.18 Å². The van der Waals surface area contributed by atoms with Crippen LogP contribution in [0.4, 0.5) is 18.9 Å². The molecule has 0 radical (unpaired) electrons. The lowest BCUT2D eigenvalue weighted by Crippen LogP contribution is -2.19. The molecule has 2 aliphatic rings. The Bertz CT molecular complexity index is 1160. The number of amides is 1. The van der Waals surface area contributed by atoms with Crippen LogP contribution in [0.3, 0.4) is 0 Å². The fourth-order valence-corrected chi connectivity index (χ4v) is 5.31. The van der Waals surface area contributed by atoms with Crippen molar-refractivity contribution in [1.82, 2.24) is 0 Å². The Morgan fingerprint density at radius 3 is 2.39 bits per heavy atom. The number of hydrogen-bond acceptors (Lipinski definition) is 4. The van der Waals surface area contributed by atoms with E-state index in [1.807, 2.05) is 0 Å². The molecule has 0 spiro atoms. The van der Waals surface area contributed by atoms with Crippen molar-refractivity contribution in [2.75, 3.05) is 10.8 Å². The molecule has 5 nitrogen and oxygen atoms in total. The molecule has 2 aromatic rings. The number of carbonyl (C=O) groups excluding carboxylic acids is 1. The monoisotopic (exact) mass is 470 g/mol. The van der Waals surface area contributed by atoms with Gasteiger partial charge < -0.3 is 0 Å². The summed E-state index contributed by atoms with van der Waals surface area (Å²) in [6.45, 7) is 0.